The second-order valence-electron chi connectivity index (χ2n) is 2.62. The van der Waals surface area contributed by atoms with Crippen LogP contribution in [-0.4, -0.2) is 0 Å². The summed E-state index contributed by atoms with van der Waals surface area (Å²) in [6, 6.07) is 10.6. The van der Waals surface area contributed by atoms with E-state index in [1.165, 1.54) is 6.42 Å². The van der Waals surface area contributed by atoms with Gasteiger partial charge in [0.2, 0.25) is 0 Å². The zero-order valence-electron chi connectivity index (χ0n) is 9.33. The number of nitrogens with zero attached hydrogens (tertiary/aromatic N) is 2. The molecule has 0 unspecified atom stereocenters. The zero-order chi connectivity index (χ0) is 10.8. The minimum absolute atomic E-state index is 0. The van der Waals surface area contributed by atoms with Crippen molar-refractivity contribution in [1.82, 2.24) is 0 Å². The third-order valence-corrected chi connectivity index (χ3v) is 1.52. The van der Waals surface area contributed by atoms with Gasteiger partial charge in [0.25, 0.3) is 0 Å². The number of hydrogen-bond donors (Lipinski definition) is 0. The summed E-state index contributed by atoms with van der Waals surface area (Å²) in [6.07, 6.45) is 2.28. The summed E-state index contributed by atoms with van der Waals surface area (Å²) in [5.74, 6) is 0. The first kappa shape index (κ1) is 16.2. The Labute approximate surface area is 104 Å². The fourth-order valence-corrected chi connectivity index (χ4v) is 0.678. The van der Waals surface area contributed by atoms with Gasteiger partial charge in [-0.05, 0) is 12.1 Å². The molecular weight excluding hydrogens is 179 g/mol. The molecule has 72 valence electrons. The quantitative estimate of drug-likeness (QED) is 0.466. The van der Waals surface area contributed by atoms with Gasteiger partial charge >= 0.3 is 18.9 Å². The number of benzene rings is 1. The van der Waals surface area contributed by atoms with Crippen molar-refractivity contribution < 1.29 is 18.9 Å². The van der Waals surface area contributed by atoms with E-state index < -0.39 is 0 Å². The molecule has 1 aromatic carbocycles. The van der Waals surface area contributed by atoms with Gasteiger partial charge in [0, 0.05) is 0 Å². The topological polar surface area (TPSA) is 47.6 Å². The summed E-state index contributed by atoms with van der Waals surface area (Å²) < 4.78 is 0. The Bertz CT molecular complexity index is 312. The second kappa shape index (κ2) is 10.9. The number of nitriles is 2. The largest absolute Gasteiger partial charge is 1.00 e. The summed E-state index contributed by atoms with van der Waals surface area (Å²) in [5.41, 5.74) is 0.870. The second-order valence-corrected chi connectivity index (χ2v) is 2.62. The molecule has 0 aliphatic rings. The zero-order valence-corrected chi connectivity index (χ0v) is 9.33. The molecule has 0 fully saturated rings. The van der Waals surface area contributed by atoms with Gasteiger partial charge in [-0.25, -0.2) is 0 Å². The minimum atomic E-state index is 0. The molecule has 0 aromatic heterocycles. The predicted molar refractivity (Wildman–Crippen MR) is 56.1 cm³/mol. The van der Waals surface area contributed by atoms with E-state index in [4.69, 9.17) is 10.5 Å². The molecule has 0 saturated carbocycles. The molecule has 3 heteroatoms. The first-order valence-electron chi connectivity index (χ1n) is 4.48. The SMILES string of the molecule is N#Cc1ccccc1C#N.[CH2-]CCC.[Li+]. The summed E-state index contributed by atoms with van der Waals surface area (Å²) in [7, 11) is 0. The van der Waals surface area contributed by atoms with E-state index >= 15 is 0 Å². The molecule has 0 spiro atoms. The van der Waals surface area contributed by atoms with Crippen LogP contribution in [0.5, 0.6) is 0 Å². The monoisotopic (exact) mass is 192 g/mol. The van der Waals surface area contributed by atoms with E-state index in [0.717, 1.165) is 6.42 Å². The van der Waals surface area contributed by atoms with Crippen LogP contribution in [0.1, 0.15) is 30.9 Å². The third kappa shape index (κ3) is 6.81. The smallest absolute Gasteiger partial charge is 0.343 e. The maximum atomic E-state index is 8.45. The molecule has 1 rings (SSSR count). The standard InChI is InChI=1S/C8H4N2.C4H9.Li/c9-5-7-3-1-2-4-8(7)6-10;1-3-4-2;/h1-4H;1,3-4H2,2H3;/q;-1;+1. The van der Waals surface area contributed by atoms with Crippen molar-refractivity contribution in [2.45, 2.75) is 19.8 Å². The van der Waals surface area contributed by atoms with Crippen LogP contribution in [0, 0.1) is 29.6 Å². The van der Waals surface area contributed by atoms with Crippen LogP contribution < -0.4 is 18.9 Å². The average Bonchev–Trinajstić information content (AvgIpc) is 2.29. The molecule has 0 amide bonds. The van der Waals surface area contributed by atoms with Crippen molar-refractivity contribution in [2.24, 2.45) is 0 Å². The fraction of sp³-hybridized carbons (Fsp3) is 0.250. The number of hydrogen-bond acceptors (Lipinski definition) is 2. The van der Waals surface area contributed by atoms with Gasteiger partial charge in [0.15, 0.2) is 0 Å². The summed E-state index contributed by atoms with van der Waals surface area (Å²) in [4.78, 5) is 0. The third-order valence-electron chi connectivity index (χ3n) is 1.52. The van der Waals surface area contributed by atoms with Crippen molar-refractivity contribution in [3.8, 4) is 12.1 Å². The molecule has 0 bridgehead atoms. The van der Waals surface area contributed by atoms with Crippen molar-refractivity contribution in [3.63, 3.8) is 0 Å². The van der Waals surface area contributed by atoms with Gasteiger partial charge in [-0.3, -0.25) is 0 Å². The normalized spacial score (nSPS) is 7.20. The minimum Gasteiger partial charge on any atom is -0.343 e. The molecule has 2 nitrogen and oxygen atoms in total. The summed E-state index contributed by atoms with van der Waals surface area (Å²) in [5, 5.41) is 16.9. The molecule has 0 aliphatic carbocycles. The molecule has 0 heterocycles. The molecule has 0 radical (unpaired) electrons. The van der Waals surface area contributed by atoms with E-state index in [1.54, 1.807) is 24.3 Å². The molecular formula is C12H13LiN2. The van der Waals surface area contributed by atoms with Crippen LogP contribution in [0.25, 0.3) is 0 Å². The van der Waals surface area contributed by atoms with Gasteiger partial charge in [-0.15, -0.1) is 0 Å². The van der Waals surface area contributed by atoms with Crippen LogP contribution in [-0.2, 0) is 0 Å². The Morgan fingerprint density at radius 2 is 1.47 bits per heavy atom. The van der Waals surface area contributed by atoms with Gasteiger partial charge in [0.05, 0.1) is 11.1 Å². The Morgan fingerprint density at radius 3 is 1.67 bits per heavy atom. The molecule has 0 saturated heterocycles. The maximum absolute atomic E-state index is 8.45. The first-order valence-corrected chi connectivity index (χ1v) is 4.48. The fourth-order valence-electron chi connectivity index (χ4n) is 0.678. The van der Waals surface area contributed by atoms with Gasteiger partial charge in [0.1, 0.15) is 12.1 Å². The molecule has 1 aromatic rings. The van der Waals surface area contributed by atoms with Crippen LogP contribution in [0.3, 0.4) is 0 Å². The maximum Gasteiger partial charge on any atom is 1.00 e. The van der Waals surface area contributed by atoms with E-state index in [1.807, 2.05) is 12.1 Å². The summed E-state index contributed by atoms with van der Waals surface area (Å²) in [6.45, 7) is 5.72. The van der Waals surface area contributed by atoms with E-state index in [9.17, 15) is 0 Å². The Kier molecular flexibility index (Phi) is 11.8. The molecule has 0 aliphatic heterocycles. The number of rotatable bonds is 1. The van der Waals surface area contributed by atoms with E-state index in [2.05, 4.69) is 13.8 Å². The van der Waals surface area contributed by atoms with Crippen molar-refractivity contribution >= 4 is 0 Å². The van der Waals surface area contributed by atoms with Crippen LogP contribution >= 0.6 is 0 Å². The van der Waals surface area contributed by atoms with E-state index in [-0.39, 0.29) is 18.9 Å². The van der Waals surface area contributed by atoms with Gasteiger partial charge in [-0.2, -0.15) is 16.9 Å². The Balaban J connectivity index is 0. The molecule has 0 N–H and O–H groups in total. The van der Waals surface area contributed by atoms with Gasteiger partial charge < -0.3 is 6.92 Å². The Hall–Kier alpha value is -1.20. The van der Waals surface area contributed by atoms with Crippen molar-refractivity contribution in [3.05, 3.63) is 42.3 Å². The predicted octanol–water partition coefficient (Wildman–Crippen LogP) is 0.0545. The average molecular weight is 192 g/mol. The Morgan fingerprint density at radius 1 is 1.13 bits per heavy atom. The van der Waals surface area contributed by atoms with Gasteiger partial charge in [-0.1, -0.05) is 25.5 Å². The van der Waals surface area contributed by atoms with Crippen molar-refractivity contribution in [2.75, 3.05) is 0 Å². The van der Waals surface area contributed by atoms with Crippen molar-refractivity contribution in [1.29, 1.82) is 10.5 Å². The van der Waals surface area contributed by atoms with Crippen LogP contribution in [0.15, 0.2) is 24.3 Å². The summed E-state index contributed by atoms with van der Waals surface area (Å²) >= 11 is 0. The van der Waals surface area contributed by atoms with E-state index in [0.29, 0.717) is 11.1 Å². The molecule has 0 atom stereocenters. The number of unbranched alkanes of at least 4 members (excludes halogenated alkanes) is 1. The van der Waals surface area contributed by atoms with Crippen LogP contribution in [0.2, 0.25) is 0 Å². The molecule has 15 heavy (non-hydrogen) atoms. The van der Waals surface area contributed by atoms with Crippen LogP contribution in [0.4, 0.5) is 0 Å². The first-order chi connectivity index (χ1) is 6.79.